The van der Waals surface area contributed by atoms with E-state index in [1.165, 1.54) is 30.7 Å². The summed E-state index contributed by atoms with van der Waals surface area (Å²) in [6.45, 7) is 1.81. The molecule has 3 rings (SSSR count). The van der Waals surface area contributed by atoms with E-state index in [0.29, 0.717) is 30.4 Å². The summed E-state index contributed by atoms with van der Waals surface area (Å²) in [5.41, 5.74) is -0.242. The lowest BCUT2D eigenvalue weighted by molar-refractivity contribution is -0.0199. The molecule has 0 aliphatic carbocycles. The van der Waals surface area contributed by atoms with Crippen LogP contribution in [0.25, 0.3) is 0 Å². The fourth-order valence-electron chi connectivity index (χ4n) is 3.85. The molecule has 0 radical (unpaired) electrons. The minimum absolute atomic E-state index is 0.356. The number of nitrogens with zero attached hydrogens (tertiary/aromatic N) is 1. The average molecular weight is 375 g/mol. The van der Waals surface area contributed by atoms with Crippen LogP contribution in [0.5, 0.6) is 0 Å². The first-order valence-electron chi connectivity index (χ1n) is 9.65. The van der Waals surface area contributed by atoms with Gasteiger partial charge in [0, 0.05) is 13.1 Å². The summed E-state index contributed by atoms with van der Waals surface area (Å²) in [4.78, 5) is 2.08. The Balaban J connectivity index is 1.73. The van der Waals surface area contributed by atoms with E-state index in [0.717, 1.165) is 25.9 Å². The van der Waals surface area contributed by atoms with Gasteiger partial charge in [-0.05, 0) is 67.5 Å². The lowest BCUT2D eigenvalue weighted by Crippen LogP contribution is -2.39. The predicted molar refractivity (Wildman–Crippen MR) is 101 cm³/mol. The molecule has 1 fully saturated rings. The van der Waals surface area contributed by atoms with Crippen molar-refractivity contribution >= 4 is 0 Å². The molecular weight excluding hydrogens is 348 g/mol. The third-order valence-electron chi connectivity index (χ3n) is 5.46. The summed E-state index contributed by atoms with van der Waals surface area (Å²) in [6, 6.07) is 11.5. The van der Waals surface area contributed by atoms with Crippen LogP contribution in [0, 0.1) is 11.6 Å². The molecule has 5 heteroatoms. The first kappa shape index (κ1) is 19.9. The van der Waals surface area contributed by atoms with Crippen molar-refractivity contribution in [2.24, 2.45) is 0 Å². The van der Waals surface area contributed by atoms with Crippen LogP contribution in [0.3, 0.4) is 0 Å². The summed E-state index contributed by atoms with van der Waals surface area (Å²) in [7, 11) is 0. The number of aliphatic hydroxyl groups excluding tert-OH is 1. The number of rotatable bonds is 7. The van der Waals surface area contributed by atoms with Crippen molar-refractivity contribution in [3.05, 3.63) is 71.3 Å². The molecule has 1 saturated heterocycles. The van der Waals surface area contributed by atoms with Crippen molar-refractivity contribution in [3.8, 4) is 0 Å². The Kier molecular flexibility index (Phi) is 6.58. The summed E-state index contributed by atoms with van der Waals surface area (Å²) >= 11 is 0. The third-order valence-corrected chi connectivity index (χ3v) is 5.46. The maximum atomic E-state index is 13.3. The zero-order chi connectivity index (χ0) is 19.3. The van der Waals surface area contributed by atoms with Gasteiger partial charge < -0.3 is 10.2 Å². The van der Waals surface area contributed by atoms with E-state index in [1.54, 1.807) is 24.3 Å². The molecule has 2 aromatic carbocycles. The van der Waals surface area contributed by atoms with E-state index >= 15 is 0 Å². The Bertz CT molecular complexity index is 667. The first-order chi connectivity index (χ1) is 13.0. The number of likely N-dealkylation sites (tertiary alicyclic amines) is 1. The summed E-state index contributed by atoms with van der Waals surface area (Å²) < 4.78 is 26.6. The summed E-state index contributed by atoms with van der Waals surface area (Å²) in [5.74, 6) is -0.749. The van der Waals surface area contributed by atoms with Gasteiger partial charge in [-0.3, -0.25) is 4.90 Å². The molecule has 1 aliphatic rings. The topological polar surface area (TPSA) is 43.7 Å². The van der Waals surface area contributed by atoms with E-state index in [1.807, 2.05) is 0 Å². The second kappa shape index (κ2) is 8.91. The third kappa shape index (κ3) is 4.92. The van der Waals surface area contributed by atoms with Gasteiger partial charge in [0.25, 0.3) is 0 Å². The van der Waals surface area contributed by atoms with Gasteiger partial charge in [-0.15, -0.1) is 0 Å². The molecule has 1 aliphatic heterocycles. The second-order valence-corrected chi connectivity index (χ2v) is 7.34. The van der Waals surface area contributed by atoms with Crippen LogP contribution in [-0.4, -0.2) is 34.4 Å². The van der Waals surface area contributed by atoms with Gasteiger partial charge in [-0.1, -0.05) is 30.7 Å². The van der Waals surface area contributed by atoms with Crippen LogP contribution >= 0.6 is 0 Å². The van der Waals surface area contributed by atoms with Gasteiger partial charge in [-0.25, -0.2) is 8.78 Å². The van der Waals surface area contributed by atoms with Gasteiger partial charge in [0.15, 0.2) is 0 Å². The first-order valence-corrected chi connectivity index (χ1v) is 9.65. The van der Waals surface area contributed by atoms with Crippen molar-refractivity contribution < 1.29 is 19.0 Å². The predicted octanol–water partition coefficient (Wildman–Crippen LogP) is 4.18. The molecule has 2 aromatic rings. The molecule has 27 heavy (non-hydrogen) atoms. The molecule has 3 nitrogen and oxygen atoms in total. The van der Waals surface area contributed by atoms with Crippen LogP contribution < -0.4 is 0 Å². The van der Waals surface area contributed by atoms with Crippen molar-refractivity contribution in [1.29, 1.82) is 0 Å². The smallest absolute Gasteiger partial charge is 0.123 e. The molecular formula is C22H27F2NO2. The fourth-order valence-corrected chi connectivity index (χ4v) is 3.85. The molecule has 0 saturated carbocycles. The molecule has 0 amide bonds. The number of piperidine rings is 1. The molecule has 1 unspecified atom stereocenters. The zero-order valence-corrected chi connectivity index (χ0v) is 15.5. The van der Waals surface area contributed by atoms with Crippen LogP contribution in [0.1, 0.15) is 49.7 Å². The quantitative estimate of drug-likeness (QED) is 0.763. The van der Waals surface area contributed by atoms with Gasteiger partial charge in [-0.2, -0.15) is 0 Å². The van der Waals surface area contributed by atoms with E-state index in [9.17, 15) is 19.0 Å². The van der Waals surface area contributed by atoms with Crippen LogP contribution in [0.15, 0.2) is 48.5 Å². The maximum absolute atomic E-state index is 13.3. The minimum atomic E-state index is -1.36. The SMILES string of the molecule is OC(CCCC(O)(c1ccc(F)cc1)c1ccc(F)cc1)N1CCCCC1. The van der Waals surface area contributed by atoms with Gasteiger partial charge in [0.2, 0.25) is 0 Å². The minimum Gasteiger partial charge on any atom is -0.380 e. The molecule has 2 N–H and O–H groups in total. The standard InChI is InChI=1S/C22H27F2NO2/c23-19-10-6-17(7-11-19)22(27,18-8-12-20(24)13-9-18)14-4-5-21(26)25-15-2-1-3-16-25/h6-13,21,26-27H,1-5,14-16H2. The van der Waals surface area contributed by atoms with Crippen molar-refractivity contribution in [2.45, 2.75) is 50.4 Å². The highest BCUT2D eigenvalue weighted by Gasteiger charge is 2.32. The number of benzene rings is 2. The second-order valence-electron chi connectivity index (χ2n) is 7.34. The highest BCUT2D eigenvalue weighted by atomic mass is 19.1. The Hall–Kier alpha value is -1.82. The largest absolute Gasteiger partial charge is 0.380 e. The summed E-state index contributed by atoms with van der Waals surface area (Å²) in [6.07, 6.45) is 4.38. The monoisotopic (exact) mass is 375 g/mol. The average Bonchev–Trinajstić information content (AvgIpc) is 2.69. The summed E-state index contributed by atoms with van der Waals surface area (Å²) in [5, 5.41) is 21.8. The van der Waals surface area contributed by atoms with E-state index < -0.39 is 11.8 Å². The lowest BCUT2D eigenvalue weighted by Gasteiger charge is -2.33. The molecule has 0 aromatic heterocycles. The molecule has 1 heterocycles. The fraction of sp³-hybridized carbons (Fsp3) is 0.455. The Morgan fingerprint density at radius 1 is 0.852 bits per heavy atom. The molecule has 1 atom stereocenters. The van der Waals surface area contributed by atoms with Crippen molar-refractivity contribution in [1.82, 2.24) is 4.90 Å². The van der Waals surface area contributed by atoms with E-state index in [2.05, 4.69) is 4.90 Å². The van der Waals surface area contributed by atoms with E-state index in [-0.39, 0.29) is 11.6 Å². The number of aliphatic hydroxyl groups is 2. The van der Waals surface area contributed by atoms with Crippen LogP contribution in [-0.2, 0) is 5.60 Å². The lowest BCUT2D eigenvalue weighted by atomic mass is 9.82. The normalized spacial score (nSPS) is 17.0. The van der Waals surface area contributed by atoms with Crippen LogP contribution in [0.2, 0.25) is 0 Å². The van der Waals surface area contributed by atoms with Crippen molar-refractivity contribution in [2.75, 3.05) is 13.1 Å². The van der Waals surface area contributed by atoms with E-state index in [4.69, 9.17) is 0 Å². The number of hydrogen-bond donors (Lipinski definition) is 2. The van der Waals surface area contributed by atoms with Gasteiger partial charge in [0.05, 0.1) is 0 Å². The molecule has 0 spiro atoms. The highest BCUT2D eigenvalue weighted by Crippen LogP contribution is 2.35. The van der Waals surface area contributed by atoms with Gasteiger partial charge in [0.1, 0.15) is 23.5 Å². The number of halogens is 2. The Morgan fingerprint density at radius 2 is 1.33 bits per heavy atom. The zero-order valence-electron chi connectivity index (χ0n) is 15.5. The van der Waals surface area contributed by atoms with Crippen LogP contribution in [0.4, 0.5) is 8.78 Å². The van der Waals surface area contributed by atoms with Crippen molar-refractivity contribution in [3.63, 3.8) is 0 Å². The highest BCUT2D eigenvalue weighted by molar-refractivity contribution is 5.36. The maximum Gasteiger partial charge on any atom is 0.123 e. The molecule has 0 bridgehead atoms. The molecule has 146 valence electrons. The Labute approximate surface area is 159 Å². The Morgan fingerprint density at radius 3 is 1.81 bits per heavy atom. The number of hydrogen-bond acceptors (Lipinski definition) is 3. The van der Waals surface area contributed by atoms with Gasteiger partial charge >= 0.3 is 0 Å².